The van der Waals surface area contributed by atoms with Crippen molar-refractivity contribution in [3.05, 3.63) is 59.4 Å². The lowest BCUT2D eigenvalue weighted by Gasteiger charge is -2.35. The third-order valence-corrected chi connectivity index (χ3v) is 5.73. The smallest absolute Gasteiger partial charge is 0.133 e. The Morgan fingerprint density at radius 3 is 2.78 bits per heavy atom. The van der Waals surface area contributed by atoms with Gasteiger partial charge in [-0.15, -0.1) is 0 Å². The Bertz CT molecular complexity index is 949. The number of hydrogen-bond acceptors (Lipinski definition) is 4. The molecule has 2 aromatic heterocycles. The lowest BCUT2D eigenvalue weighted by atomic mass is 10.1. The molecule has 0 amide bonds. The van der Waals surface area contributed by atoms with Crippen molar-refractivity contribution in [2.45, 2.75) is 32.5 Å². The zero-order valence-electron chi connectivity index (χ0n) is 16.4. The number of anilines is 1. The molecule has 0 aliphatic carbocycles. The van der Waals surface area contributed by atoms with Gasteiger partial charge in [-0.1, -0.05) is 24.3 Å². The van der Waals surface area contributed by atoms with E-state index in [1.807, 2.05) is 14.0 Å². The molecule has 5 heteroatoms. The van der Waals surface area contributed by atoms with Crippen LogP contribution in [0.1, 0.15) is 23.2 Å². The van der Waals surface area contributed by atoms with Crippen LogP contribution in [0.15, 0.2) is 42.6 Å². The Hall–Kier alpha value is -2.37. The monoisotopic (exact) mass is 364 g/mol. The molecule has 0 bridgehead atoms. The van der Waals surface area contributed by atoms with Gasteiger partial charge < -0.3 is 14.6 Å². The van der Waals surface area contributed by atoms with Gasteiger partial charge in [0, 0.05) is 62.1 Å². The lowest BCUT2D eigenvalue weighted by Crippen LogP contribution is -2.41. The molecule has 5 nitrogen and oxygen atoms in total. The quantitative estimate of drug-likeness (QED) is 0.776. The van der Waals surface area contributed by atoms with Crippen molar-refractivity contribution >= 4 is 16.7 Å². The minimum atomic E-state index is 0.0911. The van der Waals surface area contributed by atoms with Crippen molar-refractivity contribution in [3.8, 4) is 0 Å². The molecular weight excluding hydrogens is 336 g/mol. The van der Waals surface area contributed by atoms with Gasteiger partial charge in [-0.25, -0.2) is 4.98 Å². The number of aliphatic hydroxyl groups is 1. The van der Waals surface area contributed by atoms with Gasteiger partial charge in [-0.3, -0.25) is 4.90 Å². The van der Waals surface area contributed by atoms with Crippen molar-refractivity contribution in [1.29, 1.82) is 0 Å². The first kappa shape index (κ1) is 18.0. The van der Waals surface area contributed by atoms with Crippen LogP contribution >= 0.6 is 0 Å². The van der Waals surface area contributed by atoms with Crippen LogP contribution in [-0.4, -0.2) is 45.8 Å². The largest absolute Gasteiger partial charge is 0.394 e. The molecule has 0 fully saturated rings. The second-order valence-corrected chi connectivity index (χ2v) is 7.66. The maximum Gasteiger partial charge on any atom is 0.133 e. The third-order valence-electron chi connectivity index (χ3n) is 5.73. The lowest BCUT2D eigenvalue weighted by molar-refractivity contribution is 0.206. The van der Waals surface area contributed by atoms with E-state index in [4.69, 9.17) is 4.98 Å². The summed E-state index contributed by atoms with van der Waals surface area (Å²) in [7, 11) is 4.16. The highest BCUT2D eigenvalue weighted by Crippen LogP contribution is 2.27. The summed E-state index contributed by atoms with van der Waals surface area (Å²) in [5.74, 6) is 0.997. The fourth-order valence-corrected chi connectivity index (χ4v) is 4.16. The molecule has 0 saturated heterocycles. The van der Waals surface area contributed by atoms with E-state index in [9.17, 15) is 5.11 Å². The average Bonchev–Trinajstić information content (AvgIpc) is 2.98. The van der Waals surface area contributed by atoms with E-state index in [0.29, 0.717) is 0 Å². The van der Waals surface area contributed by atoms with Crippen molar-refractivity contribution in [1.82, 2.24) is 14.5 Å². The minimum Gasteiger partial charge on any atom is -0.394 e. The molecule has 0 unspecified atom stereocenters. The molecule has 1 aliphatic rings. The van der Waals surface area contributed by atoms with Gasteiger partial charge in [-0.05, 0) is 31.0 Å². The summed E-state index contributed by atoms with van der Waals surface area (Å²) in [5, 5.41) is 11.2. The second-order valence-electron chi connectivity index (χ2n) is 7.66. The van der Waals surface area contributed by atoms with Gasteiger partial charge >= 0.3 is 0 Å². The van der Waals surface area contributed by atoms with Crippen molar-refractivity contribution < 1.29 is 5.11 Å². The minimum absolute atomic E-state index is 0.0911. The van der Waals surface area contributed by atoms with Crippen LogP contribution < -0.4 is 4.90 Å². The Kier molecular flexibility index (Phi) is 4.89. The summed E-state index contributed by atoms with van der Waals surface area (Å²) < 4.78 is 2.21. The summed E-state index contributed by atoms with van der Waals surface area (Å²) in [4.78, 5) is 9.40. The zero-order chi connectivity index (χ0) is 19.0. The van der Waals surface area contributed by atoms with E-state index in [1.165, 1.54) is 22.0 Å². The first-order chi connectivity index (χ1) is 13.1. The summed E-state index contributed by atoms with van der Waals surface area (Å²) in [6.07, 6.45) is 3.17. The normalized spacial score (nSPS) is 18.4. The first-order valence-electron chi connectivity index (χ1n) is 9.62. The van der Waals surface area contributed by atoms with Crippen molar-refractivity contribution in [3.63, 3.8) is 0 Å². The molecule has 1 aromatic carbocycles. The summed E-state index contributed by atoms with van der Waals surface area (Å²) in [6.45, 7) is 4.89. The Labute approximate surface area is 160 Å². The fourth-order valence-electron chi connectivity index (χ4n) is 4.16. The number of aromatic nitrogens is 2. The Morgan fingerprint density at radius 2 is 1.96 bits per heavy atom. The number of rotatable bonds is 3. The molecular formula is C22H28N4O. The number of nitrogens with zero attached hydrogens (tertiary/aromatic N) is 4. The van der Waals surface area contributed by atoms with E-state index in [0.717, 1.165) is 37.6 Å². The summed E-state index contributed by atoms with van der Waals surface area (Å²) >= 11 is 0. The van der Waals surface area contributed by atoms with Gasteiger partial charge in [0.1, 0.15) is 5.82 Å². The number of aryl methyl sites for hydroxylation is 2. The first-order valence-corrected chi connectivity index (χ1v) is 9.62. The Balaban J connectivity index is 1.67. The van der Waals surface area contributed by atoms with Gasteiger partial charge in [0.25, 0.3) is 0 Å². The fraction of sp³-hybridized carbons (Fsp3) is 0.409. The number of hydrogen-bond donors (Lipinski definition) is 1. The molecule has 1 aliphatic heterocycles. The molecule has 0 radical (unpaired) electrons. The number of benzene rings is 1. The van der Waals surface area contributed by atoms with E-state index < -0.39 is 0 Å². The topological polar surface area (TPSA) is 44.5 Å². The molecule has 4 rings (SSSR count). The van der Waals surface area contributed by atoms with E-state index in [-0.39, 0.29) is 12.6 Å². The van der Waals surface area contributed by atoms with Crippen LogP contribution in [0, 0.1) is 6.92 Å². The maximum atomic E-state index is 9.90. The van der Waals surface area contributed by atoms with Crippen LogP contribution in [0.25, 0.3) is 10.9 Å². The molecule has 1 atom stereocenters. The number of aliphatic hydroxyl groups excluding tert-OH is 1. The highest BCUT2D eigenvalue weighted by molar-refractivity contribution is 5.83. The van der Waals surface area contributed by atoms with Gasteiger partial charge in [-0.2, -0.15) is 0 Å². The Morgan fingerprint density at radius 1 is 1.15 bits per heavy atom. The van der Waals surface area contributed by atoms with Crippen molar-refractivity contribution in [2.75, 3.05) is 25.1 Å². The van der Waals surface area contributed by atoms with Gasteiger partial charge in [0.15, 0.2) is 0 Å². The van der Waals surface area contributed by atoms with Crippen LogP contribution in [0.2, 0.25) is 0 Å². The van der Waals surface area contributed by atoms with Crippen LogP contribution in [0.5, 0.6) is 0 Å². The van der Waals surface area contributed by atoms with Crippen LogP contribution in [-0.2, 0) is 20.1 Å². The molecule has 1 N–H and O–H groups in total. The average molecular weight is 364 g/mol. The third kappa shape index (κ3) is 3.45. The van der Waals surface area contributed by atoms with Crippen LogP contribution in [0.3, 0.4) is 0 Å². The number of para-hydroxylation sites is 1. The van der Waals surface area contributed by atoms with E-state index in [2.05, 4.69) is 64.0 Å². The predicted octanol–water partition coefficient (Wildman–Crippen LogP) is 3.08. The molecule has 3 aromatic rings. The molecule has 0 saturated carbocycles. The second kappa shape index (κ2) is 7.33. The highest BCUT2D eigenvalue weighted by atomic mass is 16.3. The number of fused-ring (bicyclic) bond motifs is 2. The SMILES string of the molecule is Cc1ccc2c(n1)N(C)[C@H](CO)CCN(Cc1cn(C)c3ccccc13)C2. The van der Waals surface area contributed by atoms with Crippen molar-refractivity contribution in [2.24, 2.45) is 7.05 Å². The van der Waals surface area contributed by atoms with E-state index >= 15 is 0 Å². The summed E-state index contributed by atoms with van der Waals surface area (Å²) in [5.41, 5.74) is 4.86. The molecule has 0 spiro atoms. The number of pyridine rings is 1. The van der Waals surface area contributed by atoms with E-state index in [1.54, 1.807) is 0 Å². The molecule has 142 valence electrons. The standard InChI is InChI=1S/C22H28N4O/c1-16-8-9-17-13-26(11-10-19(15-27)25(3)22(17)23-16)14-18-12-24(2)21-7-5-4-6-20(18)21/h4-9,12,19,27H,10-11,13-15H2,1-3H3/t19-/m0/s1. The van der Waals surface area contributed by atoms with Gasteiger partial charge in [0.2, 0.25) is 0 Å². The summed E-state index contributed by atoms with van der Waals surface area (Å²) in [6, 6.07) is 12.9. The molecule has 27 heavy (non-hydrogen) atoms. The maximum absolute atomic E-state index is 9.90. The molecule has 3 heterocycles. The predicted molar refractivity (Wildman–Crippen MR) is 110 cm³/mol. The van der Waals surface area contributed by atoms with Gasteiger partial charge in [0.05, 0.1) is 12.6 Å². The van der Waals surface area contributed by atoms with Crippen LogP contribution in [0.4, 0.5) is 5.82 Å². The zero-order valence-corrected chi connectivity index (χ0v) is 16.4. The highest BCUT2D eigenvalue weighted by Gasteiger charge is 2.24. The number of likely N-dealkylation sites (N-methyl/N-ethyl adjacent to an activating group) is 1.